The minimum atomic E-state index is -0.0672. The van der Waals surface area contributed by atoms with Crippen molar-refractivity contribution < 1.29 is 0 Å². The first-order valence-electron chi connectivity index (χ1n) is 16.8. The lowest BCUT2D eigenvalue weighted by Gasteiger charge is -2.30. The molecule has 3 aliphatic rings. The summed E-state index contributed by atoms with van der Waals surface area (Å²) in [6.45, 7) is 4.87. The number of rotatable bonds is 5. The average molecular weight is 582 g/mol. The fourth-order valence-corrected chi connectivity index (χ4v) is 9.14. The molecule has 0 saturated heterocycles. The van der Waals surface area contributed by atoms with E-state index in [1.807, 2.05) is 0 Å². The molecule has 6 aromatic carbocycles. The smallest absolute Gasteiger partial charge is 0.0546 e. The predicted octanol–water partition coefficient (Wildman–Crippen LogP) is 12.2. The summed E-state index contributed by atoms with van der Waals surface area (Å²) in [4.78, 5) is 2.48. The van der Waals surface area contributed by atoms with Crippen LogP contribution in [0.4, 0.5) is 17.1 Å². The standard InChI is InChI=1S/C44H39N/c1-44(2)40-19-11-18-36(38-25-29-20-21-33(38)24-29)43(40)37-23-22-35(28-41(37)44)45(34-16-7-4-8-17-34)42-27-32-15-10-9-14-31(32)26-39(42)30-12-5-3-6-13-30/h3-19,22-23,26-29,33,38H,20-21,24-25H2,1-2H3. The van der Waals surface area contributed by atoms with Crippen LogP contribution in [0.15, 0.2) is 133 Å². The van der Waals surface area contributed by atoms with E-state index in [9.17, 15) is 0 Å². The molecule has 2 fully saturated rings. The third-order valence-corrected chi connectivity index (χ3v) is 11.3. The summed E-state index contributed by atoms with van der Waals surface area (Å²) in [6, 6.07) is 49.7. The van der Waals surface area contributed by atoms with Crippen LogP contribution in [-0.4, -0.2) is 0 Å². The summed E-state index contributed by atoms with van der Waals surface area (Å²) in [5.41, 5.74) is 13.5. The van der Waals surface area contributed by atoms with Gasteiger partial charge in [-0.15, -0.1) is 0 Å². The van der Waals surface area contributed by atoms with Gasteiger partial charge in [-0.05, 0) is 118 Å². The summed E-state index contributed by atoms with van der Waals surface area (Å²) >= 11 is 0. The van der Waals surface area contributed by atoms with E-state index in [4.69, 9.17) is 0 Å². The zero-order valence-electron chi connectivity index (χ0n) is 26.2. The highest BCUT2D eigenvalue weighted by molar-refractivity contribution is 5.99. The van der Waals surface area contributed by atoms with E-state index >= 15 is 0 Å². The van der Waals surface area contributed by atoms with Crippen molar-refractivity contribution >= 4 is 27.8 Å². The van der Waals surface area contributed by atoms with Crippen LogP contribution in [0.25, 0.3) is 33.0 Å². The van der Waals surface area contributed by atoms with Crippen LogP contribution in [0.2, 0.25) is 0 Å². The summed E-state index contributed by atoms with van der Waals surface area (Å²) in [5, 5.41) is 2.50. The van der Waals surface area contributed by atoms with Crippen LogP contribution in [0.1, 0.15) is 62.1 Å². The van der Waals surface area contributed by atoms with E-state index in [-0.39, 0.29) is 5.41 Å². The van der Waals surface area contributed by atoms with Crippen molar-refractivity contribution in [2.75, 3.05) is 4.90 Å². The third-order valence-electron chi connectivity index (χ3n) is 11.3. The molecule has 0 heterocycles. The molecule has 3 unspecified atom stereocenters. The zero-order valence-corrected chi connectivity index (χ0v) is 26.2. The van der Waals surface area contributed by atoms with Gasteiger partial charge in [0.2, 0.25) is 0 Å². The Balaban J connectivity index is 1.25. The van der Waals surface area contributed by atoms with Crippen LogP contribution < -0.4 is 4.90 Å². The Labute approximate surface area is 267 Å². The Morgan fingerprint density at radius 1 is 0.578 bits per heavy atom. The Hall–Kier alpha value is -4.62. The van der Waals surface area contributed by atoms with Gasteiger partial charge in [0.25, 0.3) is 0 Å². The Morgan fingerprint density at radius 3 is 2.04 bits per heavy atom. The van der Waals surface area contributed by atoms with E-state index in [0.717, 1.165) is 11.8 Å². The summed E-state index contributed by atoms with van der Waals surface area (Å²) in [7, 11) is 0. The molecule has 2 bridgehead atoms. The molecular weight excluding hydrogens is 542 g/mol. The quantitative estimate of drug-likeness (QED) is 0.196. The van der Waals surface area contributed by atoms with Gasteiger partial charge < -0.3 is 4.90 Å². The van der Waals surface area contributed by atoms with Crippen molar-refractivity contribution in [3.63, 3.8) is 0 Å². The number of benzene rings is 6. The van der Waals surface area contributed by atoms with E-state index in [0.29, 0.717) is 5.92 Å². The lowest BCUT2D eigenvalue weighted by molar-refractivity contribution is 0.420. The first kappa shape index (κ1) is 26.8. The van der Waals surface area contributed by atoms with Crippen LogP contribution in [0, 0.1) is 11.8 Å². The lowest BCUT2D eigenvalue weighted by Crippen LogP contribution is -2.17. The first-order chi connectivity index (χ1) is 22.1. The molecule has 3 atom stereocenters. The largest absolute Gasteiger partial charge is 0.310 e. The van der Waals surface area contributed by atoms with Crippen LogP contribution in [0.3, 0.4) is 0 Å². The SMILES string of the molecule is CC1(C)c2cc(N(c3ccccc3)c3cc4ccccc4cc3-c3ccccc3)ccc2-c2c(C3CC4CCC3C4)cccc21. The molecule has 1 heteroatoms. The molecule has 9 rings (SSSR count). The molecule has 3 aliphatic carbocycles. The summed E-state index contributed by atoms with van der Waals surface area (Å²) in [5.74, 6) is 2.52. The third kappa shape index (κ3) is 4.21. The Bertz CT molecular complexity index is 2050. The second-order valence-electron chi connectivity index (χ2n) is 14.2. The Morgan fingerprint density at radius 2 is 1.31 bits per heavy atom. The fourth-order valence-electron chi connectivity index (χ4n) is 9.14. The van der Waals surface area contributed by atoms with Gasteiger partial charge in [-0.1, -0.05) is 117 Å². The molecule has 0 amide bonds. The molecule has 45 heavy (non-hydrogen) atoms. The molecule has 0 spiro atoms. The van der Waals surface area contributed by atoms with Crippen molar-refractivity contribution in [2.45, 2.75) is 50.9 Å². The van der Waals surface area contributed by atoms with E-state index in [2.05, 4.69) is 152 Å². The van der Waals surface area contributed by atoms with Gasteiger partial charge in [-0.25, -0.2) is 0 Å². The van der Waals surface area contributed by atoms with Gasteiger partial charge in [0.15, 0.2) is 0 Å². The van der Waals surface area contributed by atoms with Gasteiger partial charge in [0.1, 0.15) is 0 Å². The topological polar surface area (TPSA) is 3.24 Å². The first-order valence-corrected chi connectivity index (χ1v) is 16.8. The summed E-state index contributed by atoms with van der Waals surface area (Å²) < 4.78 is 0. The van der Waals surface area contributed by atoms with E-state index in [1.165, 1.54) is 86.9 Å². The Kier molecular flexibility index (Phi) is 6.07. The molecule has 0 N–H and O–H groups in total. The number of para-hydroxylation sites is 1. The van der Waals surface area contributed by atoms with Crippen LogP contribution >= 0.6 is 0 Å². The van der Waals surface area contributed by atoms with Crippen molar-refractivity contribution in [1.29, 1.82) is 0 Å². The molecule has 2 saturated carbocycles. The molecular formula is C44H39N. The summed E-state index contributed by atoms with van der Waals surface area (Å²) in [6.07, 6.45) is 5.67. The van der Waals surface area contributed by atoms with Crippen molar-refractivity contribution in [1.82, 2.24) is 0 Å². The van der Waals surface area contributed by atoms with Crippen molar-refractivity contribution in [2.24, 2.45) is 11.8 Å². The molecule has 0 aliphatic heterocycles. The van der Waals surface area contributed by atoms with E-state index < -0.39 is 0 Å². The number of anilines is 3. The molecule has 6 aromatic rings. The van der Waals surface area contributed by atoms with E-state index in [1.54, 1.807) is 5.56 Å². The van der Waals surface area contributed by atoms with Gasteiger partial charge >= 0.3 is 0 Å². The highest BCUT2D eigenvalue weighted by Gasteiger charge is 2.44. The van der Waals surface area contributed by atoms with Gasteiger partial charge in [0, 0.05) is 22.4 Å². The fraction of sp³-hybridized carbons (Fsp3) is 0.227. The molecule has 0 radical (unpaired) electrons. The maximum Gasteiger partial charge on any atom is 0.0546 e. The number of hydrogen-bond acceptors (Lipinski definition) is 1. The minimum absolute atomic E-state index is 0.0672. The molecule has 0 aromatic heterocycles. The second-order valence-corrected chi connectivity index (χ2v) is 14.2. The maximum absolute atomic E-state index is 2.50. The van der Waals surface area contributed by atoms with Crippen molar-refractivity contribution in [3.05, 3.63) is 150 Å². The van der Waals surface area contributed by atoms with Crippen molar-refractivity contribution in [3.8, 4) is 22.3 Å². The van der Waals surface area contributed by atoms with Crippen LogP contribution in [0.5, 0.6) is 0 Å². The number of fused-ring (bicyclic) bond motifs is 6. The highest BCUT2D eigenvalue weighted by atomic mass is 15.1. The molecule has 220 valence electrons. The second kappa shape index (κ2) is 10.2. The number of nitrogens with zero attached hydrogens (tertiary/aromatic N) is 1. The predicted molar refractivity (Wildman–Crippen MR) is 190 cm³/mol. The minimum Gasteiger partial charge on any atom is -0.310 e. The lowest BCUT2D eigenvalue weighted by atomic mass is 9.78. The average Bonchev–Trinajstić information content (AvgIpc) is 3.78. The number of hydrogen-bond donors (Lipinski definition) is 0. The normalized spacial score (nSPS) is 20.7. The highest BCUT2D eigenvalue weighted by Crippen LogP contribution is 2.58. The maximum atomic E-state index is 2.50. The zero-order chi connectivity index (χ0) is 30.1. The van der Waals surface area contributed by atoms with Gasteiger partial charge in [-0.2, -0.15) is 0 Å². The van der Waals surface area contributed by atoms with Gasteiger partial charge in [-0.3, -0.25) is 0 Å². The molecule has 1 nitrogen and oxygen atoms in total. The monoisotopic (exact) mass is 581 g/mol. The van der Waals surface area contributed by atoms with Crippen LogP contribution in [-0.2, 0) is 5.41 Å². The van der Waals surface area contributed by atoms with Gasteiger partial charge in [0.05, 0.1) is 5.69 Å².